The average molecular weight is 448 g/mol. The van der Waals surface area contributed by atoms with Gasteiger partial charge < -0.3 is 10.2 Å². The van der Waals surface area contributed by atoms with Crippen LogP contribution in [0.3, 0.4) is 0 Å². The van der Waals surface area contributed by atoms with Crippen LogP contribution in [0.4, 0.5) is 5.69 Å². The van der Waals surface area contributed by atoms with Gasteiger partial charge in [-0.05, 0) is 43.5 Å². The summed E-state index contributed by atoms with van der Waals surface area (Å²) in [6.07, 6.45) is 4.87. The summed E-state index contributed by atoms with van der Waals surface area (Å²) in [6.45, 7) is 1.37. The number of nitrogens with zero attached hydrogens (tertiary/aromatic N) is 2. The number of fused-ring (bicyclic) bond motifs is 1. The molecule has 0 radical (unpaired) electrons. The number of anilines is 1. The predicted octanol–water partition coefficient (Wildman–Crippen LogP) is 2.11. The zero-order chi connectivity index (χ0) is 20.4. The maximum absolute atomic E-state index is 12.5. The van der Waals surface area contributed by atoms with Gasteiger partial charge in [-0.1, -0.05) is 28.1 Å². The molecule has 1 aliphatic carbocycles. The SMILES string of the molecule is Cc1cc(Br)ccc1NC(=O)CN(C)C(=O)CN1C(=O)[C@H]2CC=CC[C@H]2C1=O. The highest BCUT2D eigenvalue weighted by Gasteiger charge is 2.47. The third-order valence-electron chi connectivity index (χ3n) is 5.16. The molecule has 7 nitrogen and oxygen atoms in total. The van der Waals surface area contributed by atoms with Gasteiger partial charge in [0.25, 0.3) is 0 Å². The number of benzene rings is 1. The normalized spacial score (nSPS) is 20.9. The van der Waals surface area contributed by atoms with Crippen LogP contribution in [0.2, 0.25) is 0 Å². The van der Waals surface area contributed by atoms with E-state index in [4.69, 9.17) is 0 Å². The first kappa shape index (κ1) is 20.3. The van der Waals surface area contributed by atoms with Gasteiger partial charge in [-0.15, -0.1) is 0 Å². The molecule has 1 fully saturated rings. The highest BCUT2D eigenvalue weighted by Crippen LogP contribution is 2.34. The minimum atomic E-state index is -0.448. The number of likely N-dealkylation sites (N-methyl/N-ethyl adjacent to an activating group) is 1. The number of halogens is 1. The number of rotatable bonds is 5. The largest absolute Gasteiger partial charge is 0.335 e. The van der Waals surface area contributed by atoms with Crippen LogP contribution in [-0.2, 0) is 19.2 Å². The molecular formula is C20H22BrN3O4. The Labute approximate surface area is 171 Å². The van der Waals surface area contributed by atoms with Crippen LogP contribution in [0.25, 0.3) is 0 Å². The fraction of sp³-hybridized carbons (Fsp3) is 0.400. The van der Waals surface area contributed by atoms with E-state index >= 15 is 0 Å². The van der Waals surface area contributed by atoms with Crippen LogP contribution in [-0.4, -0.2) is 53.6 Å². The lowest BCUT2D eigenvalue weighted by molar-refractivity contribution is -0.146. The molecule has 148 valence electrons. The first-order valence-electron chi connectivity index (χ1n) is 9.08. The quantitative estimate of drug-likeness (QED) is 0.552. The van der Waals surface area contributed by atoms with Crippen molar-refractivity contribution in [1.29, 1.82) is 0 Å². The number of imide groups is 1. The molecule has 0 aromatic heterocycles. The van der Waals surface area contributed by atoms with E-state index in [1.807, 2.05) is 31.2 Å². The minimum absolute atomic E-state index is 0.168. The number of nitrogens with one attached hydrogen (secondary N) is 1. The van der Waals surface area contributed by atoms with Crippen molar-refractivity contribution in [3.8, 4) is 0 Å². The van der Waals surface area contributed by atoms with Crippen molar-refractivity contribution in [2.45, 2.75) is 19.8 Å². The molecule has 4 amide bonds. The lowest BCUT2D eigenvalue weighted by atomic mass is 9.85. The van der Waals surface area contributed by atoms with E-state index in [2.05, 4.69) is 21.2 Å². The Kier molecular flexibility index (Phi) is 5.98. The van der Waals surface area contributed by atoms with Gasteiger partial charge in [0.2, 0.25) is 23.6 Å². The summed E-state index contributed by atoms with van der Waals surface area (Å²) in [4.78, 5) is 51.9. The number of carbonyl (C=O) groups excluding carboxylic acids is 4. The van der Waals surface area contributed by atoms with Crippen molar-refractivity contribution in [2.75, 3.05) is 25.5 Å². The molecule has 0 spiro atoms. The Morgan fingerprint density at radius 2 is 1.79 bits per heavy atom. The molecule has 0 bridgehead atoms. The molecule has 8 heteroatoms. The van der Waals surface area contributed by atoms with Crippen molar-refractivity contribution in [3.05, 3.63) is 40.4 Å². The van der Waals surface area contributed by atoms with E-state index < -0.39 is 5.91 Å². The van der Waals surface area contributed by atoms with Gasteiger partial charge >= 0.3 is 0 Å². The maximum atomic E-state index is 12.5. The fourth-order valence-corrected chi connectivity index (χ4v) is 4.02. The number of carbonyl (C=O) groups is 4. The highest BCUT2D eigenvalue weighted by molar-refractivity contribution is 9.10. The molecule has 0 saturated carbocycles. The summed E-state index contributed by atoms with van der Waals surface area (Å²) in [5.41, 5.74) is 1.55. The molecule has 3 rings (SSSR count). The maximum Gasteiger partial charge on any atom is 0.243 e. The minimum Gasteiger partial charge on any atom is -0.335 e. The number of amides is 4. The van der Waals surface area contributed by atoms with Gasteiger partial charge in [0.15, 0.2) is 0 Å². The van der Waals surface area contributed by atoms with E-state index in [1.165, 1.54) is 11.9 Å². The number of allylic oxidation sites excluding steroid dienone is 2. The Bertz CT molecular complexity index is 841. The van der Waals surface area contributed by atoms with Crippen molar-refractivity contribution in [2.24, 2.45) is 11.8 Å². The van der Waals surface area contributed by atoms with Crippen LogP contribution in [0.1, 0.15) is 18.4 Å². The van der Waals surface area contributed by atoms with E-state index in [-0.39, 0.29) is 42.6 Å². The summed E-state index contributed by atoms with van der Waals surface area (Å²) in [7, 11) is 1.48. The topological polar surface area (TPSA) is 86.8 Å². The van der Waals surface area contributed by atoms with Crippen LogP contribution in [0, 0.1) is 18.8 Å². The van der Waals surface area contributed by atoms with Gasteiger partial charge in [-0.25, -0.2) is 0 Å². The zero-order valence-electron chi connectivity index (χ0n) is 15.8. The zero-order valence-corrected chi connectivity index (χ0v) is 17.4. The standard InChI is InChI=1S/C20H22BrN3O4/c1-12-9-13(21)7-8-16(12)22-17(25)10-23(2)18(26)11-24-19(27)14-5-3-4-6-15(14)20(24)28/h3-4,7-9,14-15H,5-6,10-11H2,1-2H3,(H,22,25)/t14-,15+. The first-order valence-corrected chi connectivity index (χ1v) is 9.87. The van der Waals surface area contributed by atoms with E-state index in [1.54, 1.807) is 6.07 Å². The molecule has 28 heavy (non-hydrogen) atoms. The molecule has 1 aromatic rings. The molecule has 2 atom stereocenters. The van der Waals surface area contributed by atoms with Crippen molar-refractivity contribution in [1.82, 2.24) is 9.80 Å². The Morgan fingerprint density at radius 3 is 2.36 bits per heavy atom. The van der Waals surface area contributed by atoms with E-state index in [0.29, 0.717) is 18.5 Å². The average Bonchev–Trinajstić information content (AvgIpc) is 2.89. The number of aryl methyl sites for hydroxylation is 1. The molecule has 1 saturated heterocycles. The summed E-state index contributed by atoms with van der Waals surface area (Å²) in [5.74, 6) is -2.11. The molecular weight excluding hydrogens is 426 g/mol. The summed E-state index contributed by atoms with van der Waals surface area (Å²) >= 11 is 3.37. The lowest BCUT2D eigenvalue weighted by Gasteiger charge is -2.21. The van der Waals surface area contributed by atoms with Crippen LogP contribution < -0.4 is 5.32 Å². The monoisotopic (exact) mass is 447 g/mol. The number of hydrogen-bond acceptors (Lipinski definition) is 4. The lowest BCUT2D eigenvalue weighted by Crippen LogP contribution is -2.44. The van der Waals surface area contributed by atoms with Crippen molar-refractivity contribution >= 4 is 45.2 Å². The third kappa shape index (κ3) is 4.16. The molecule has 1 aliphatic heterocycles. The summed E-state index contributed by atoms with van der Waals surface area (Å²) in [5, 5.41) is 2.77. The van der Waals surface area contributed by atoms with Crippen molar-refractivity contribution < 1.29 is 19.2 Å². The van der Waals surface area contributed by atoms with Gasteiger partial charge in [0, 0.05) is 17.2 Å². The Morgan fingerprint density at radius 1 is 1.18 bits per heavy atom. The number of hydrogen-bond donors (Lipinski definition) is 1. The van der Waals surface area contributed by atoms with Gasteiger partial charge in [0.1, 0.15) is 6.54 Å². The second-order valence-corrected chi connectivity index (χ2v) is 8.09. The third-order valence-corrected chi connectivity index (χ3v) is 5.65. The smallest absolute Gasteiger partial charge is 0.243 e. The highest BCUT2D eigenvalue weighted by atomic mass is 79.9. The molecule has 1 N–H and O–H groups in total. The second-order valence-electron chi connectivity index (χ2n) is 7.18. The molecule has 0 unspecified atom stereocenters. The van der Waals surface area contributed by atoms with Crippen LogP contribution in [0.5, 0.6) is 0 Å². The van der Waals surface area contributed by atoms with Gasteiger partial charge in [-0.2, -0.15) is 0 Å². The van der Waals surface area contributed by atoms with Gasteiger partial charge in [0.05, 0.1) is 18.4 Å². The summed E-state index contributed by atoms with van der Waals surface area (Å²) < 4.78 is 0.908. The van der Waals surface area contributed by atoms with E-state index in [9.17, 15) is 19.2 Å². The van der Waals surface area contributed by atoms with E-state index in [0.717, 1.165) is 14.9 Å². The Hall–Kier alpha value is -2.48. The molecule has 1 aromatic carbocycles. The second kappa shape index (κ2) is 8.26. The predicted molar refractivity (Wildman–Crippen MR) is 107 cm³/mol. The fourth-order valence-electron chi connectivity index (χ4n) is 3.54. The van der Waals surface area contributed by atoms with Gasteiger partial charge in [-0.3, -0.25) is 24.1 Å². The van der Waals surface area contributed by atoms with Crippen LogP contribution in [0.15, 0.2) is 34.8 Å². The molecule has 1 heterocycles. The molecule has 2 aliphatic rings. The summed E-state index contributed by atoms with van der Waals surface area (Å²) in [6, 6.07) is 5.47. The first-order chi connectivity index (χ1) is 13.3. The number of likely N-dealkylation sites (tertiary alicyclic amines) is 1. The van der Waals surface area contributed by atoms with Crippen LogP contribution >= 0.6 is 15.9 Å². The Balaban J connectivity index is 1.56. The van der Waals surface area contributed by atoms with Crippen molar-refractivity contribution in [3.63, 3.8) is 0 Å².